The Morgan fingerprint density at radius 1 is 0.972 bits per heavy atom. The molecule has 0 aliphatic rings. The van der Waals surface area contributed by atoms with Crippen molar-refractivity contribution in [3.8, 4) is 0 Å². The van der Waals surface area contributed by atoms with E-state index in [9.17, 15) is 18.0 Å². The lowest BCUT2D eigenvalue weighted by atomic mass is 10.0. The summed E-state index contributed by atoms with van der Waals surface area (Å²) < 4.78 is 26.4. The van der Waals surface area contributed by atoms with Crippen LogP contribution in [0.25, 0.3) is 0 Å². The van der Waals surface area contributed by atoms with E-state index in [-0.39, 0.29) is 24.3 Å². The lowest BCUT2D eigenvalue weighted by molar-refractivity contribution is -0.139. The summed E-state index contributed by atoms with van der Waals surface area (Å²) in [5, 5.41) is 3.63. The number of halogens is 2. The summed E-state index contributed by atoms with van der Waals surface area (Å²) in [6, 6.07) is 11.1. The fraction of sp³-hybridized carbons (Fsp3) is 0.462. The van der Waals surface area contributed by atoms with Gasteiger partial charge in [0.1, 0.15) is 12.6 Å². The number of nitrogens with one attached hydrogen (secondary N) is 1. The monoisotopic (exact) mass is 555 g/mol. The molecule has 2 aromatic carbocycles. The van der Waals surface area contributed by atoms with Crippen LogP contribution in [0.5, 0.6) is 0 Å². The second-order valence-corrected chi connectivity index (χ2v) is 12.3. The van der Waals surface area contributed by atoms with Crippen LogP contribution in [-0.4, -0.2) is 50.5 Å². The molecule has 2 rings (SSSR count). The van der Waals surface area contributed by atoms with Crippen molar-refractivity contribution in [2.24, 2.45) is 5.92 Å². The van der Waals surface area contributed by atoms with Crippen LogP contribution in [0.2, 0.25) is 10.0 Å². The molecular weight excluding hydrogens is 521 g/mol. The molecule has 0 heterocycles. The zero-order valence-electron chi connectivity index (χ0n) is 21.6. The van der Waals surface area contributed by atoms with Gasteiger partial charge in [-0.25, -0.2) is 8.42 Å². The van der Waals surface area contributed by atoms with Crippen molar-refractivity contribution >= 4 is 50.7 Å². The fourth-order valence-electron chi connectivity index (χ4n) is 3.51. The molecule has 2 amide bonds. The number of hydrogen-bond acceptors (Lipinski definition) is 4. The van der Waals surface area contributed by atoms with Crippen LogP contribution in [0, 0.1) is 5.92 Å². The van der Waals surface area contributed by atoms with Crippen LogP contribution in [0.15, 0.2) is 42.5 Å². The standard InChI is InChI=1S/C26H35Cl2N3O4S/c1-17(2)14-29-26(33)19(5)30(15-21-7-10-22(27)13-24(21)28)25(32)16-31(36(6,34)35)23-11-8-20(9-12-23)18(3)4/h7-13,17-19H,14-16H2,1-6H3,(H,29,33). The lowest BCUT2D eigenvalue weighted by Gasteiger charge is -2.32. The van der Waals surface area contributed by atoms with E-state index in [0.717, 1.165) is 16.1 Å². The highest BCUT2D eigenvalue weighted by Crippen LogP contribution is 2.25. The molecule has 0 radical (unpaired) electrons. The molecular formula is C26H35Cl2N3O4S. The van der Waals surface area contributed by atoms with E-state index in [1.807, 2.05) is 39.8 Å². The lowest BCUT2D eigenvalue weighted by Crippen LogP contribution is -2.51. The number of carbonyl (C=O) groups excluding carboxylic acids is 2. The second-order valence-electron chi connectivity index (χ2n) is 9.59. The van der Waals surface area contributed by atoms with Gasteiger partial charge in [0.2, 0.25) is 21.8 Å². The number of benzene rings is 2. The van der Waals surface area contributed by atoms with E-state index in [1.54, 1.807) is 37.3 Å². The summed E-state index contributed by atoms with van der Waals surface area (Å²) in [6.07, 6.45) is 1.05. The Kier molecular flexibility index (Phi) is 10.6. The Hall–Kier alpha value is -2.29. The van der Waals surface area contributed by atoms with Crippen molar-refractivity contribution in [1.82, 2.24) is 10.2 Å². The van der Waals surface area contributed by atoms with E-state index >= 15 is 0 Å². The third-order valence-corrected chi connectivity index (χ3v) is 7.46. The summed E-state index contributed by atoms with van der Waals surface area (Å²) in [7, 11) is -3.79. The number of sulfonamides is 1. The summed E-state index contributed by atoms with van der Waals surface area (Å²) in [4.78, 5) is 27.8. The maximum atomic E-state index is 13.6. The van der Waals surface area contributed by atoms with Crippen molar-refractivity contribution in [2.75, 3.05) is 23.7 Å². The van der Waals surface area contributed by atoms with Gasteiger partial charge in [-0.3, -0.25) is 13.9 Å². The highest BCUT2D eigenvalue weighted by Gasteiger charge is 2.30. The van der Waals surface area contributed by atoms with Gasteiger partial charge in [0, 0.05) is 23.1 Å². The van der Waals surface area contributed by atoms with E-state index in [4.69, 9.17) is 23.2 Å². The first-order valence-corrected chi connectivity index (χ1v) is 14.4. The molecule has 0 aliphatic carbocycles. The summed E-state index contributed by atoms with van der Waals surface area (Å²) in [6.45, 7) is 9.62. The maximum absolute atomic E-state index is 13.6. The Balaban J connectivity index is 2.40. The third kappa shape index (κ3) is 8.39. The minimum Gasteiger partial charge on any atom is -0.354 e. The molecule has 7 nitrogen and oxygen atoms in total. The van der Waals surface area contributed by atoms with Gasteiger partial charge in [0.05, 0.1) is 11.9 Å². The third-order valence-electron chi connectivity index (χ3n) is 5.73. The number of nitrogens with zero attached hydrogens (tertiary/aromatic N) is 2. The van der Waals surface area contributed by atoms with E-state index in [2.05, 4.69) is 5.32 Å². The molecule has 36 heavy (non-hydrogen) atoms. The van der Waals surface area contributed by atoms with Crippen LogP contribution in [0.3, 0.4) is 0 Å². The molecule has 1 unspecified atom stereocenters. The highest BCUT2D eigenvalue weighted by atomic mass is 35.5. The molecule has 1 atom stereocenters. The minimum atomic E-state index is -3.79. The van der Waals surface area contributed by atoms with Gasteiger partial charge in [-0.2, -0.15) is 0 Å². The highest BCUT2D eigenvalue weighted by molar-refractivity contribution is 7.92. The van der Waals surface area contributed by atoms with Crippen molar-refractivity contribution in [3.05, 3.63) is 63.6 Å². The molecule has 0 spiro atoms. The Morgan fingerprint density at radius 2 is 1.58 bits per heavy atom. The Bertz CT molecular complexity index is 1170. The predicted molar refractivity (Wildman–Crippen MR) is 147 cm³/mol. The van der Waals surface area contributed by atoms with Crippen molar-refractivity contribution < 1.29 is 18.0 Å². The molecule has 0 aliphatic heterocycles. The van der Waals surface area contributed by atoms with Crippen molar-refractivity contribution in [3.63, 3.8) is 0 Å². The molecule has 0 fully saturated rings. The van der Waals surface area contributed by atoms with Gasteiger partial charge in [-0.1, -0.05) is 69.1 Å². The fourth-order valence-corrected chi connectivity index (χ4v) is 4.83. The summed E-state index contributed by atoms with van der Waals surface area (Å²) >= 11 is 12.4. The molecule has 0 bridgehead atoms. The molecule has 1 N–H and O–H groups in total. The number of anilines is 1. The average Bonchev–Trinajstić information content (AvgIpc) is 2.79. The van der Waals surface area contributed by atoms with Gasteiger partial charge in [-0.05, 0) is 54.2 Å². The second kappa shape index (κ2) is 12.8. The molecule has 2 aromatic rings. The first-order chi connectivity index (χ1) is 16.7. The molecule has 0 saturated carbocycles. The first kappa shape index (κ1) is 29.9. The minimum absolute atomic E-state index is 0.00892. The van der Waals surface area contributed by atoms with Crippen LogP contribution in [0.1, 0.15) is 51.7 Å². The Labute approximate surface area is 224 Å². The molecule has 198 valence electrons. The van der Waals surface area contributed by atoms with E-state index in [1.165, 1.54) is 4.90 Å². The van der Waals surface area contributed by atoms with Crippen LogP contribution < -0.4 is 9.62 Å². The van der Waals surface area contributed by atoms with Gasteiger partial charge in [0.25, 0.3) is 0 Å². The van der Waals surface area contributed by atoms with Crippen LogP contribution in [0.4, 0.5) is 5.69 Å². The SMILES string of the molecule is CC(C)CNC(=O)C(C)N(Cc1ccc(Cl)cc1Cl)C(=O)CN(c1ccc(C(C)C)cc1)S(C)(=O)=O. The number of amides is 2. The Morgan fingerprint density at radius 3 is 2.08 bits per heavy atom. The summed E-state index contributed by atoms with van der Waals surface area (Å²) in [5.41, 5.74) is 2.01. The summed E-state index contributed by atoms with van der Waals surface area (Å²) in [5.74, 6) is -0.372. The van der Waals surface area contributed by atoms with Gasteiger partial charge in [-0.15, -0.1) is 0 Å². The topological polar surface area (TPSA) is 86.8 Å². The molecule has 10 heteroatoms. The van der Waals surface area contributed by atoms with E-state index in [0.29, 0.717) is 27.8 Å². The zero-order valence-corrected chi connectivity index (χ0v) is 23.9. The largest absolute Gasteiger partial charge is 0.354 e. The predicted octanol–water partition coefficient (Wildman–Crippen LogP) is 5.07. The smallest absolute Gasteiger partial charge is 0.244 e. The number of carbonyl (C=O) groups is 2. The van der Waals surface area contributed by atoms with Crippen molar-refractivity contribution in [2.45, 2.75) is 53.1 Å². The zero-order chi connectivity index (χ0) is 27.2. The van der Waals surface area contributed by atoms with Crippen molar-refractivity contribution in [1.29, 1.82) is 0 Å². The van der Waals surface area contributed by atoms with Gasteiger partial charge in [0.15, 0.2) is 0 Å². The van der Waals surface area contributed by atoms with Gasteiger partial charge < -0.3 is 10.2 Å². The quantitative estimate of drug-likeness (QED) is 0.419. The average molecular weight is 557 g/mol. The van der Waals surface area contributed by atoms with E-state index < -0.39 is 28.5 Å². The molecule has 0 saturated heterocycles. The normalized spacial score (nSPS) is 12.5. The number of rotatable bonds is 11. The first-order valence-electron chi connectivity index (χ1n) is 11.8. The molecule has 0 aromatic heterocycles. The van der Waals surface area contributed by atoms with Crippen LogP contribution >= 0.6 is 23.2 Å². The maximum Gasteiger partial charge on any atom is 0.244 e. The number of hydrogen-bond donors (Lipinski definition) is 1. The van der Waals surface area contributed by atoms with Gasteiger partial charge >= 0.3 is 0 Å². The van der Waals surface area contributed by atoms with Crippen LogP contribution in [-0.2, 0) is 26.2 Å².